The molecule has 0 aliphatic carbocycles. The molecule has 110 valence electrons. The number of carbonyl (C=O) groups excluding carboxylic acids is 1. The predicted molar refractivity (Wildman–Crippen MR) is 77.5 cm³/mol. The quantitative estimate of drug-likeness (QED) is 0.829. The third-order valence-electron chi connectivity index (χ3n) is 3.58. The lowest BCUT2D eigenvalue weighted by Gasteiger charge is -2.25. The maximum Gasteiger partial charge on any atom is 0.409 e. The molecule has 0 spiro atoms. The van der Waals surface area contributed by atoms with Crippen LogP contribution in [0.25, 0.3) is 0 Å². The Morgan fingerprint density at radius 3 is 2.85 bits per heavy atom. The lowest BCUT2D eigenvalue weighted by molar-refractivity contribution is 0.00623. The van der Waals surface area contributed by atoms with Crippen molar-refractivity contribution in [2.24, 2.45) is 0 Å². The molecule has 0 aromatic heterocycles. The molecule has 1 unspecified atom stereocenters. The molecule has 20 heavy (non-hydrogen) atoms. The zero-order valence-electron chi connectivity index (χ0n) is 12.1. The fraction of sp³-hybridized carbons (Fsp3) is 0.562. The van der Waals surface area contributed by atoms with Crippen molar-refractivity contribution < 1.29 is 14.3 Å². The van der Waals surface area contributed by atoms with Gasteiger partial charge < -0.3 is 14.4 Å². The van der Waals surface area contributed by atoms with Crippen molar-refractivity contribution in [3.05, 3.63) is 35.9 Å². The van der Waals surface area contributed by atoms with Crippen molar-refractivity contribution in [1.29, 1.82) is 0 Å². The molecular formula is C16H23NO3. The van der Waals surface area contributed by atoms with Gasteiger partial charge in [-0.05, 0) is 31.2 Å². The van der Waals surface area contributed by atoms with Gasteiger partial charge in [0.15, 0.2) is 0 Å². The molecule has 0 bridgehead atoms. The van der Waals surface area contributed by atoms with Crippen LogP contribution in [0.4, 0.5) is 4.79 Å². The number of hydrogen-bond acceptors (Lipinski definition) is 3. The van der Waals surface area contributed by atoms with Crippen LogP contribution in [0.15, 0.2) is 30.3 Å². The average molecular weight is 277 g/mol. The molecule has 1 fully saturated rings. The summed E-state index contributed by atoms with van der Waals surface area (Å²) >= 11 is 0. The fourth-order valence-electron chi connectivity index (χ4n) is 2.29. The van der Waals surface area contributed by atoms with Gasteiger partial charge in [-0.3, -0.25) is 0 Å². The third kappa shape index (κ3) is 4.85. The molecule has 0 saturated carbocycles. The average Bonchev–Trinajstić information content (AvgIpc) is 2.52. The van der Waals surface area contributed by atoms with Gasteiger partial charge in [0, 0.05) is 20.2 Å². The van der Waals surface area contributed by atoms with Crippen LogP contribution in [0, 0.1) is 0 Å². The molecule has 1 saturated heterocycles. The van der Waals surface area contributed by atoms with E-state index in [1.807, 2.05) is 30.3 Å². The molecule has 0 radical (unpaired) electrons. The van der Waals surface area contributed by atoms with Crippen LogP contribution in [-0.2, 0) is 16.1 Å². The van der Waals surface area contributed by atoms with Gasteiger partial charge in [0.2, 0.25) is 0 Å². The summed E-state index contributed by atoms with van der Waals surface area (Å²) in [7, 11) is 1.77. The van der Waals surface area contributed by atoms with Gasteiger partial charge in [0.05, 0.1) is 6.10 Å². The normalized spacial score (nSPS) is 18.6. The molecule has 0 N–H and O–H groups in total. The van der Waals surface area contributed by atoms with E-state index in [4.69, 9.17) is 9.47 Å². The smallest absolute Gasteiger partial charge is 0.409 e. The minimum Gasteiger partial charge on any atom is -0.445 e. The number of hydrogen-bond donors (Lipinski definition) is 0. The van der Waals surface area contributed by atoms with Crippen molar-refractivity contribution in [1.82, 2.24) is 4.90 Å². The van der Waals surface area contributed by atoms with Gasteiger partial charge in [-0.1, -0.05) is 30.3 Å². The summed E-state index contributed by atoms with van der Waals surface area (Å²) in [5.74, 6) is 0. The largest absolute Gasteiger partial charge is 0.445 e. The first-order valence-electron chi connectivity index (χ1n) is 7.29. The Labute approximate surface area is 120 Å². The number of rotatable bonds is 5. The second-order valence-electron chi connectivity index (χ2n) is 5.24. The summed E-state index contributed by atoms with van der Waals surface area (Å²) in [4.78, 5) is 13.5. The third-order valence-corrected chi connectivity index (χ3v) is 3.58. The van der Waals surface area contributed by atoms with Crippen LogP contribution in [0.3, 0.4) is 0 Å². The van der Waals surface area contributed by atoms with E-state index in [9.17, 15) is 4.79 Å². The Bertz CT molecular complexity index is 401. The second-order valence-corrected chi connectivity index (χ2v) is 5.24. The number of amides is 1. The zero-order chi connectivity index (χ0) is 14.2. The van der Waals surface area contributed by atoms with Gasteiger partial charge in [-0.2, -0.15) is 0 Å². The van der Waals surface area contributed by atoms with E-state index in [1.165, 1.54) is 6.42 Å². The Morgan fingerprint density at radius 1 is 1.35 bits per heavy atom. The second kappa shape index (κ2) is 7.90. The van der Waals surface area contributed by atoms with Crippen LogP contribution in [0.5, 0.6) is 0 Å². The molecule has 1 heterocycles. The lowest BCUT2D eigenvalue weighted by atomic mass is 10.1. The topological polar surface area (TPSA) is 38.8 Å². The highest BCUT2D eigenvalue weighted by atomic mass is 16.6. The van der Waals surface area contributed by atoms with E-state index >= 15 is 0 Å². The summed E-state index contributed by atoms with van der Waals surface area (Å²) in [6, 6.07) is 9.72. The van der Waals surface area contributed by atoms with E-state index in [-0.39, 0.29) is 6.09 Å². The molecule has 1 atom stereocenters. The molecule has 4 nitrogen and oxygen atoms in total. The summed E-state index contributed by atoms with van der Waals surface area (Å²) in [5, 5.41) is 0. The summed E-state index contributed by atoms with van der Waals surface area (Å²) in [5.41, 5.74) is 1.00. The maximum atomic E-state index is 11.9. The van der Waals surface area contributed by atoms with Crippen molar-refractivity contribution in [2.45, 2.75) is 38.4 Å². The summed E-state index contributed by atoms with van der Waals surface area (Å²) in [6.45, 7) is 1.86. The standard InChI is InChI=1S/C16H23NO3/c1-17(11-10-15-9-5-6-12-19-15)16(18)20-13-14-7-3-2-4-8-14/h2-4,7-8,15H,5-6,9-13H2,1H3. The van der Waals surface area contributed by atoms with E-state index in [1.54, 1.807) is 11.9 Å². The monoisotopic (exact) mass is 277 g/mol. The van der Waals surface area contributed by atoms with Gasteiger partial charge in [0.25, 0.3) is 0 Å². The first-order valence-corrected chi connectivity index (χ1v) is 7.29. The van der Waals surface area contributed by atoms with Crippen LogP contribution in [-0.4, -0.2) is 37.3 Å². The molecule has 1 aromatic rings. The molecule has 1 aliphatic rings. The van der Waals surface area contributed by atoms with Crippen LogP contribution in [0.2, 0.25) is 0 Å². The van der Waals surface area contributed by atoms with Gasteiger partial charge >= 0.3 is 6.09 Å². The molecule has 4 heteroatoms. The molecular weight excluding hydrogens is 254 g/mol. The zero-order valence-corrected chi connectivity index (χ0v) is 12.1. The fourth-order valence-corrected chi connectivity index (χ4v) is 2.29. The van der Waals surface area contributed by atoms with Gasteiger partial charge in [-0.15, -0.1) is 0 Å². The van der Waals surface area contributed by atoms with Crippen molar-refractivity contribution in [3.63, 3.8) is 0 Å². The van der Waals surface area contributed by atoms with E-state index in [2.05, 4.69) is 0 Å². The maximum absolute atomic E-state index is 11.9. The highest BCUT2D eigenvalue weighted by Gasteiger charge is 2.16. The molecule has 1 amide bonds. The highest BCUT2D eigenvalue weighted by Crippen LogP contribution is 2.15. The SMILES string of the molecule is CN(CCC1CCCCO1)C(=O)OCc1ccccc1. The highest BCUT2D eigenvalue weighted by molar-refractivity contribution is 5.67. The molecule has 1 aliphatic heterocycles. The Kier molecular flexibility index (Phi) is 5.87. The lowest BCUT2D eigenvalue weighted by Crippen LogP contribution is -2.31. The first kappa shape index (κ1) is 14.9. The van der Waals surface area contributed by atoms with E-state index in [0.717, 1.165) is 31.4 Å². The summed E-state index contributed by atoms with van der Waals surface area (Å²) in [6.07, 6.45) is 4.40. The first-order chi connectivity index (χ1) is 9.75. The number of benzene rings is 1. The molecule has 1 aromatic carbocycles. The minimum atomic E-state index is -0.273. The van der Waals surface area contributed by atoms with Crippen molar-refractivity contribution >= 4 is 6.09 Å². The summed E-state index contributed by atoms with van der Waals surface area (Å²) < 4.78 is 10.9. The Hall–Kier alpha value is -1.55. The van der Waals surface area contributed by atoms with Crippen molar-refractivity contribution in [3.8, 4) is 0 Å². The number of carbonyl (C=O) groups is 1. The van der Waals surface area contributed by atoms with E-state index in [0.29, 0.717) is 19.3 Å². The minimum absolute atomic E-state index is 0.273. The number of nitrogens with zero attached hydrogens (tertiary/aromatic N) is 1. The van der Waals surface area contributed by atoms with Gasteiger partial charge in [0.1, 0.15) is 6.61 Å². The predicted octanol–water partition coefficient (Wildman–Crippen LogP) is 3.21. The van der Waals surface area contributed by atoms with E-state index < -0.39 is 0 Å². The number of ether oxygens (including phenoxy) is 2. The van der Waals surface area contributed by atoms with Crippen LogP contribution < -0.4 is 0 Å². The Morgan fingerprint density at radius 2 is 2.15 bits per heavy atom. The van der Waals surface area contributed by atoms with Gasteiger partial charge in [-0.25, -0.2) is 4.79 Å². The Balaban J connectivity index is 1.66. The molecule has 2 rings (SSSR count). The van der Waals surface area contributed by atoms with Crippen molar-refractivity contribution in [2.75, 3.05) is 20.2 Å². The van der Waals surface area contributed by atoms with Crippen LogP contribution >= 0.6 is 0 Å². The van der Waals surface area contributed by atoms with Crippen LogP contribution in [0.1, 0.15) is 31.2 Å².